The lowest BCUT2D eigenvalue weighted by atomic mass is 10.0. The average Bonchev–Trinajstić information content (AvgIpc) is 2.41. The van der Waals surface area contributed by atoms with E-state index in [-0.39, 0.29) is 6.54 Å². The molecule has 0 unspecified atom stereocenters. The van der Waals surface area contributed by atoms with Crippen molar-refractivity contribution in [1.82, 2.24) is 9.80 Å². The van der Waals surface area contributed by atoms with E-state index in [9.17, 15) is 4.79 Å². The highest BCUT2D eigenvalue weighted by Gasteiger charge is 2.24. The summed E-state index contributed by atoms with van der Waals surface area (Å²) in [7, 11) is 1.89. The van der Waals surface area contributed by atoms with E-state index in [0.29, 0.717) is 6.04 Å². The van der Waals surface area contributed by atoms with Crippen molar-refractivity contribution in [3.8, 4) is 0 Å². The summed E-state index contributed by atoms with van der Waals surface area (Å²) in [5.74, 6) is -0.752. The third-order valence-corrected chi connectivity index (χ3v) is 3.91. The highest BCUT2D eigenvalue weighted by atomic mass is 16.4. The van der Waals surface area contributed by atoms with Gasteiger partial charge in [0.15, 0.2) is 0 Å². The van der Waals surface area contributed by atoms with Crippen LogP contribution >= 0.6 is 0 Å². The molecule has 0 spiro atoms. The molecule has 0 saturated carbocycles. The number of rotatable bonds is 6. The number of hydrogen-bond donors (Lipinski definition) is 1. The smallest absolute Gasteiger partial charge is 0.317 e. The lowest BCUT2D eigenvalue weighted by molar-refractivity contribution is -0.138. The lowest BCUT2D eigenvalue weighted by Gasteiger charge is -2.37. The van der Waals surface area contributed by atoms with Gasteiger partial charge in [-0.3, -0.25) is 14.6 Å². The molecule has 0 amide bonds. The molecule has 1 N–H and O–H groups in total. The van der Waals surface area contributed by atoms with Crippen LogP contribution in [0, 0.1) is 0 Å². The predicted octanol–water partition coefficient (Wildman–Crippen LogP) is 2.06. The van der Waals surface area contributed by atoms with Gasteiger partial charge in [-0.2, -0.15) is 0 Å². The van der Waals surface area contributed by atoms with Gasteiger partial charge in [-0.15, -0.1) is 0 Å². The molecule has 0 aromatic heterocycles. The van der Waals surface area contributed by atoms with E-state index in [1.807, 2.05) is 18.0 Å². The number of benzene rings is 1. The number of carbonyl (C=O) groups is 1. The number of piperidine rings is 1. The zero-order valence-corrected chi connectivity index (χ0v) is 12.2. The number of hydrogen-bond acceptors (Lipinski definition) is 3. The van der Waals surface area contributed by atoms with Crippen LogP contribution in [0.25, 0.3) is 0 Å². The first-order valence-electron chi connectivity index (χ1n) is 7.33. The molecule has 1 aliphatic rings. The summed E-state index contributed by atoms with van der Waals surface area (Å²) in [5, 5.41) is 8.86. The van der Waals surface area contributed by atoms with E-state index >= 15 is 0 Å². The maximum atomic E-state index is 10.8. The minimum atomic E-state index is -0.752. The van der Waals surface area contributed by atoms with Gasteiger partial charge >= 0.3 is 5.97 Å². The van der Waals surface area contributed by atoms with Crippen LogP contribution in [0.2, 0.25) is 0 Å². The van der Waals surface area contributed by atoms with Crippen molar-refractivity contribution in [2.75, 3.05) is 26.7 Å². The van der Waals surface area contributed by atoms with Gasteiger partial charge in [-0.05, 0) is 32.0 Å². The molecule has 20 heavy (non-hydrogen) atoms. The highest BCUT2D eigenvalue weighted by Crippen LogP contribution is 2.20. The quantitative estimate of drug-likeness (QED) is 0.863. The second-order valence-corrected chi connectivity index (χ2v) is 5.70. The van der Waals surface area contributed by atoms with E-state index in [1.165, 1.54) is 18.4 Å². The van der Waals surface area contributed by atoms with Crippen LogP contribution in [0.4, 0.5) is 0 Å². The Morgan fingerprint density at radius 1 is 1.35 bits per heavy atom. The van der Waals surface area contributed by atoms with Crippen LogP contribution in [0.15, 0.2) is 30.3 Å². The molecule has 1 atom stereocenters. The minimum absolute atomic E-state index is 0.121. The third kappa shape index (κ3) is 4.62. The summed E-state index contributed by atoms with van der Waals surface area (Å²) < 4.78 is 0. The van der Waals surface area contributed by atoms with Crippen LogP contribution in [0.5, 0.6) is 0 Å². The number of carboxylic acid groups (broad SMARTS) is 1. The van der Waals surface area contributed by atoms with Crippen molar-refractivity contribution in [2.24, 2.45) is 0 Å². The molecule has 0 aliphatic carbocycles. The van der Waals surface area contributed by atoms with Gasteiger partial charge in [-0.25, -0.2) is 0 Å². The number of likely N-dealkylation sites (N-methyl/N-ethyl adjacent to an activating group) is 1. The van der Waals surface area contributed by atoms with E-state index in [0.717, 1.165) is 26.1 Å². The number of nitrogens with zero attached hydrogens (tertiary/aromatic N) is 2. The van der Waals surface area contributed by atoms with Crippen molar-refractivity contribution < 1.29 is 9.90 Å². The summed E-state index contributed by atoms with van der Waals surface area (Å²) in [5.41, 5.74) is 1.33. The van der Waals surface area contributed by atoms with Gasteiger partial charge in [0.1, 0.15) is 0 Å². The third-order valence-electron chi connectivity index (χ3n) is 3.91. The molecule has 4 heteroatoms. The first-order valence-corrected chi connectivity index (χ1v) is 7.33. The maximum absolute atomic E-state index is 10.8. The molecule has 0 bridgehead atoms. The molecule has 0 radical (unpaired) electrons. The van der Waals surface area contributed by atoms with E-state index in [4.69, 9.17) is 5.11 Å². The molecule has 110 valence electrons. The minimum Gasteiger partial charge on any atom is -0.480 e. The molecule has 1 heterocycles. The highest BCUT2D eigenvalue weighted by molar-refractivity contribution is 5.69. The number of aliphatic carboxylic acids is 1. The van der Waals surface area contributed by atoms with Crippen LogP contribution < -0.4 is 0 Å². The van der Waals surface area contributed by atoms with Gasteiger partial charge in [-0.1, -0.05) is 36.8 Å². The molecular formula is C16H24N2O2. The summed E-state index contributed by atoms with van der Waals surface area (Å²) in [6.07, 6.45) is 3.65. The fraction of sp³-hybridized carbons (Fsp3) is 0.562. The van der Waals surface area contributed by atoms with Crippen LogP contribution in [0.3, 0.4) is 0 Å². The van der Waals surface area contributed by atoms with Gasteiger partial charge in [0.25, 0.3) is 0 Å². The Hall–Kier alpha value is -1.39. The Kier molecular flexibility index (Phi) is 5.56. The van der Waals surface area contributed by atoms with Crippen LogP contribution in [-0.2, 0) is 11.3 Å². The summed E-state index contributed by atoms with van der Waals surface area (Å²) in [4.78, 5) is 15.2. The molecule has 1 fully saturated rings. The SMILES string of the molecule is CN(CC(=O)O)C[C@@H]1CCCCN1Cc1ccccc1. The normalized spacial score (nSPS) is 20.2. The van der Waals surface area contributed by atoms with Crippen LogP contribution in [0.1, 0.15) is 24.8 Å². The van der Waals surface area contributed by atoms with Gasteiger partial charge in [0.05, 0.1) is 6.54 Å². The van der Waals surface area contributed by atoms with Crippen molar-refractivity contribution >= 4 is 5.97 Å². The molecular weight excluding hydrogens is 252 g/mol. The van der Waals surface area contributed by atoms with Crippen molar-refractivity contribution in [1.29, 1.82) is 0 Å². The first-order chi connectivity index (χ1) is 9.65. The zero-order valence-electron chi connectivity index (χ0n) is 12.2. The molecule has 1 aliphatic heterocycles. The summed E-state index contributed by atoms with van der Waals surface area (Å²) in [6.45, 7) is 3.03. The number of likely N-dealkylation sites (tertiary alicyclic amines) is 1. The van der Waals surface area contributed by atoms with Crippen molar-refractivity contribution in [2.45, 2.75) is 31.8 Å². The van der Waals surface area contributed by atoms with Gasteiger partial charge in [0, 0.05) is 19.1 Å². The monoisotopic (exact) mass is 276 g/mol. The Morgan fingerprint density at radius 2 is 2.10 bits per heavy atom. The van der Waals surface area contributed by atoms with Crippen molar-refractivity contribution in [3.05, 3.63) is 35.9 Å². The Morgan fingerprint density at radius 3 is 2.80 bits per heavy atom. The summed E-state index contributed by atoms with van der Waals surface area (Å²) >= 11 is 0. The van der Waals surface area contributed by atoms with E-state index in [1.54, 1.807) is 0 Å². The standard InChI is InChI=1S/C16H24N2O2/c1-17(13-16(19)20)12-15-9-5-6-10-18(15)11-14-7-3-2-4-8-14/h2-4,7-8,15H,5-6,9-13H2,1H3,(H,19,20)/t15-/m0/s1. The molecule has 1 aromatic carbocycles. The second kappa shape index (κ2) is 7.41. The Balaban J connectivity index is 1.93. The topological polar surface area (TPSA) is 43.8 Å². The maximum Gasteiger partial charge on any atom is 0.317 e. The lowest BCUT2D eigenvalue weighted by Crippen LogP contribution is -2.46. The largest absolute Gasteiger partial charge is 0.480 e. The van der Waals surface area contributed by atoms with E-state index < -0.39 is 5.97 Å². The molecule has 1 saturated heterocycles. The number of carboxylic acids is 1. The Labute approximate surface area is 121 Å². The Bertz CT molecular complexity index is 422. The first kappa shape index (κ1) is 15.0. The van der Waals surface area contributed by atoms with E-state index in [2.05, 4.69) is 29.2 Å². The fourth-order valence-corrected chi connectivity index (χ4v) is 2.95. The predicted molar refractivity (Wildman–Crippen MR) is 79.6 cm³/mol. The zero-order chi connectivity index (χ0) is 14.4. The second-order valence-electron chi connectivity index (χ2n) is 5.70. The van der Waals surface area contributed by atoms with Crippen LogP contribution in [-0.4, -0.2) is 53.6 Å². The molecule has 4 nitrogen and oxygen atoms in total. The summed E-state index contributed by atoms with van der Waals surface area (Å²) in [6, 6.07) is 11.0. The molecule has 2 rings (SSSR count). The average molecular weight is 276 g/mol. The van der Waals surface area contributed by atoms with Crippen molar-refractivity contribution in [3.63, 3.8) is 0 Å². The molecule has 1 aromatic rings. The fourth-order valence-electron chi connectivity index (χ4n) is 2.95. The van der Waals surface area contributed by atoms with Gasteiger partial charge < -0.3 is 5.11 Å². The van der Waals surface area contributed by atoms with Gasteiger partial charge in [0.2, 0.25) is 0 Å².